The van der Waals surface area contributed by atoms with E-state index in [0.717, 1.165) is 15.7 Å². The maximum atomic E-state index is 12.1. The highest BCUT2D eigenvalue weighted by atomic mass is 16.6. The molecule has 0 aliphatic carbocycles. The van der Waals surface area contributed by atoms with Gasteiger partial charge in [0.05, 0.1) is 5.69 Å². The van der Waals surface area contributed by atoms with Gasteiger partial charge in [-0.3, -0.25) is 0 Å². The molecule has 0 saturated heterocycles. The summed E-state index contributed by atoms with van der Waals surface area (Å²) in [6, 6.07) is 16.9. The summed E-state index contributed by atoms with van der Waals surface area (Å²) < 4.78 is 11.4. The third kappa shape index (κ3) is 6.70. The molecule has 0 bridgehead atoms. The Labute approximate surface area is 178 Å². The van der Waals surface area contributed by atoms with Gasteiger partial charge in [-0.15, -0.1) is 0 Å². The molecule has 2 aromatic carbocycles. The standard InChI is InChI=1S/C22H21N3O6/c26-20(27)19(24-21(28)30-13-16-7-3-1-4-8-16)11-18-12-25(15-23-18)22(29)31-14-17-9-5-2-6-10-17/h1-10,12,15,19H,11,13-14H2,(H,24,28)(H,26,27)/t19-/m0/s1. The number of aliphatic carboxylic acids is 1. The number of hydrogen-bond donors (Lipinski definition) is 2. The Morgan fingerprint density at radius 2 is 1.52 bits per heavy atom. The fourth-order valence-electron chi connectivity index (χ4n) is 2.68. The Bertz CT molecular complexity index is 1020. The average molecular weight is 423 g/mol. The molecule has 0 saturated carbocycles. The number of ether oxygens (including phenoxy) is 2. The first-order valence-corrected chi connectivity index (χ1v) is 9.45. The van der Waals surface area contributed by atoms with Crippen LogP contribution in [0.3, 0.4) is 0 Å². The van der Waals surface area contributed by atoms with E-state index in [1.807, 2.05) is 36.4 Å². The first kappa shape index (κ1) is 21.6. The monoisotopic (exact) mass is 423 g/mol. The highest BCUT2D eigenvalue weighted by Crippen LogP contribution is 2.06. The molecule has 9 nitrogen and oxygen atoms in total. The van der Waals surface area contributed by atoms with Gasteiger partial charge in [-0.2, -0.15) is 0 Å². The van der Waals surface area contributed by atoms with E-state index in [1.54, 1.807) is 24.3 Å². The van der Waals surface area contributed by atoms with E-state index in [4.69, 9.17) is 9.47 Å². The van der Waals surface area contributed by atoms with Crippen LogP contribution in [0.4, 0.5) is 9.59 Å². The SMILES string of the molecule is O=C(N[C@@H](Cc1cn(C(=O)OCc2ccccc2)cn1)C(=O)O)OCc1ccccc1. The summed E-state index contributed by atoms with van der Waals surface area (Å²) in [6.07, 6.45) is 0.951. The van der Waals surface area contributed by atoms with Gasteiger partial charge in [-0.25, -0.2) is 23.9 Å². The van der Waals surface area contributed by atoms with Gasteiger partial charge in [0.2, 0.25) is 0 Å². The van der Waals surface area contributed by atoms with E-state index in [1.165, 1.54) is 12.5 Å². The van der Waals surface area contributed by atoms with Crippen LogP contribution in [-0.2, 0) is 33.9 Å². The second-order valence-corrected chi connectivity index (χ2v) is 6.61. The summed E-state index contributed by atoms with van der Waals surface area (Å²) in [6.45, 7) is 0.112. The second-order valence-electron chi connectivity index (χ2n) is 6.61. The van der Waals surface area contributed by atoms with Crippen LogP contribution in [-0.4, -0.2) is 38.9 Å². The number of aromatic nitrogens is 2. The summed E-state index contributed by atoms with van der Waals surface area (Å²) in [5, 5.41) is 11.7. The Morgan fingerprint density at radius 3 is 2.10 bits per heavy atom. The molecule has 160 valence electrons. The second kappa shape index (κ2) is 10.6. The number of nitrogens with zero attached hydrogens (tertiary/aromatic N) is 2. The van der Waals surface area contributed by atoms with Crippen LogP contribution in [0.25, 0.3) is 0 Å². The van der Waals surface area contributed by atoms with Crippen molar-refractivity contribution < 1.29 is 29.0 Å². The molecular formula is C22H21N3O6. The highest BCUT2D eigenvalue weighted by molar-refractivity contribution is 5.80. The Morgan fingerprint density at radius 1 is 0.935 bits per heavy atom. The van der Waals surface area contributed by atoms with Crippen LogP contribution in [0, 0.1) is 0 Å². The number of nitrogens with one attached hydrogen (secondary N) is 1. The number of rotatable bonds is 8. The molecule has 0 fully saturated rings. The molecule has 3 aromatic rings. The lowest BCUT2D eigenvalue weighted by molar-refractivity contribution is -0.139. The van der Waals surface area contributed by atoms with E-state index in [-0.39, 0.29) is 19.6 Å². The van der Waals surface area contributed by atoms with Crippen molar-refractivity contribution in [2.24, 2.45) is 0 Å². The lowest BCUT2D eigenvalue weighted by atomic mass is 10.2. The van der Waals surface area contributed by atoms with E-state index in [9.17, 15) is 19.5 Å². The molecule has 1 amide bonds. The van der Waals surface area contributed by atoms with E-state index in [2.05, 4.69) is 10.3 Å². The molecule has 0 spiro atoms. The molecule has 2 N–H and O–H groups in total. The molecule has 0 radical (unpaired) electrons. The zero-order chi connectivity index (χ0) is 22.1. The predicted octanol–water partition coefficient (Wildman–Crippen LogP) is 2.99. The summed E-state index contributed by atoms with van der Waals surface area (Å²) in [4.78, 5) is 39.6. The van der Waals surface area contributed by atoms with Gasteiger partial charge in [0, 0.05) is 12.6 Å². The van der Waals surface area contributed by atoms with Crippen molar-refractivity contribution in [3.8, 4) is 0 Å². The fraction of sp³-hybridized carbons (Fsp3) is 0.182. The highest BCUT2D eigenvalue weighted by Gasteiger charge is 2.23. The number of benzene rings is 2. The van der Waals surface area contributed by atoms with Crippen molar-refractivity contribution >= 4 is 18.2 Å². The Hall–Kier alpha value is -4.14. The molecule has 9 heteroatoms. The minimum atomic E-state index is -1.27. The van der Waals surface area contributed by atoms with Crippen LogP contribution in [0.5, 0.6) is 0 Å². The number of carboxylic acids is 1. The zero-order valence-electron chi connectivity index (χ0n) is 16.5. The molecule has 31 heavy (non-hydrogen) atoms. The summed E-state index contributed by atoms with van der Waals surface area (Å²) in [5.41, 5.74) is 1.91. The summed E-state index contributed by atoms with van der Waals surface area (Å²) in [5.74, 6) is -1.25. The van der Waals surface area contributed by atoms with Gasteiger partial charge in [0.15, 0.2) is 0 Å². The molecule has 0 aliphatic heterocycles. The first-order valence-electron chi connectivity index (χ1n) is 9.45. The molecule has 0 aliphatic rings. The van der Waals surface area contributed by atoms with Crippen molar-refractivity contribution in [1.82, 2.24) is 14.9 Å². The quantitative estimate of drug-likeness (QED) is 0.571. The first-order chi connectivity index (χ1) is 15.0. The Kier molecular flexibility index (Phi) is 7.36. The fourth-order valence-corrected chi connectivity index (χ4v) is 2.68. The molecule has 1 heterocycles. The smallest absolute Gasteiger partial charge is 0.419 e. The van der Waals surface area contributed by atoms with Gasteiger partial charge in [-0.1, -0.05) is 60.7 Å². The van der Waals surface area contributed by atoms with Crippen molar-refractivity contribution in [1.29, 1.82) is 0 Å². The van der Waals surface area contributed by atoms with Crippen LogP contribution in [0.15, 0.2) is 73.2 Å². The molecule has 1 atom stereocenters. The van der Waals surface area contributed by atoms with Crippen LogP contribution in [0.2, 0.25) is 0 Å². The lowest BCUT2D eigenvalue weighted by Gasteiger charge is -2.13. The van der Waals surface area contributed by atoms with Gasteiger partial charge in [-0.05, 0) is 11.1 Å². The number of carboxylic acid groups (broad SMARTS) is 1. The van der Waals surface area contributed by atoms with Crippen molar-refractivity contribution in [3.05, 3.63) is 90.0 Å². The molecule has 1 aromatic heterocycles. The lowest BCUT2D eigenvalue weighted by Crippen LogP contribution is -2.42. The molecular weight excluding hydrogens is 402 g/mol. The largest absolute Gasteiger partial charge is 0.480 e. The molecule has 3 rings (SSSR count). The minimum Gasteiger partial charge on any atom is -0.480 e. The topological polar surface area (TPSA) is 120 Å². The number of carbonyl (C=O) groups is 3. The van der Waals surface area contributed by atoms with Crippen molar-refractivity contribution in [2.75, 3.05) is 0 Å². The normalized spacial score (nSPS) is 11.4. The average Bonchev–Trinajstić information content (AvgIpc) is 3.26. The van der Waals surface area contributed by atoms with E-state index < -0.39 is 24.2 Å². The van der Waals surface area contributed by atoms with Gasteiger partial charge >= 0.3 is 18.2 Å². The third-order valence-electron chi connectivity index (χ3n) is 4.27. The van der Waals surface area contributed by atoms with E-state index in [0.29, 0.717) is 5.69 Å². The minimum absolute atomic E-state index is 0.0148. The van der Waals surface area contributed by atoms with Crippen LogP contribution >= 0.6 is 0 Å². The van der Waals surface area contributed by atoms with Gasteiger partial charge < -0.3 is 19.9 Å². The van der Waals surface area contributed by atoms with Crippen LogP contribution in [0.1, 0.15) is 16.8 Å². The molecule has 0 unspecified atom stereocenters. The Balaban J connectivity index is 1.51. The number of hydrogen-bond acceptors (Lipinski definition) is 6. The van der Waals surface area contributed by atoms with Gasteiger partial charge in [0.25, 0.3) is 0 Å². The zero-order valence-corrected chi connectivity index (χ0v) is 16.5. The maximum Gasteiger partial charge on any atom is 0.419 e. The van der Waals surface area contributed by atoms with E-state index >= 15 is 0 Å². The summed E-state index contributed by atoms with van der Waals surface area (Å²) in [7, 11) is 0. The van der Waals surface area contributed by atoms with Crippen LogP contribution < -0.4 is 5.32 Å². The summed E-state index contributed by atoms with van der Waals surface area (Å²) >= 11 is 0. The number of carbonyl (C=O) groups excluding carboxylic acids is 2. The number of alkyl carbamates (subject to hydrolysis) is 1. The van der Waals surface area contributed by atoms with Gasteiger partial charge in [0.1, 0.15) is 25.6 Å². The third-order valence-corrected chi connectivity index (χ3v) is 4.27. The number of amides is 1. The predicted molar refractivity (Wildman–Crippen MR) is 109 cm³/mol. The van der Waals surface area contributed by atoms with Crippen molar-refractivity contribution in [2.45, 2.75) is 25.7 Å². The van der Waals surface area contributed by atoms with Crippen molar-refractivity contribution in [3.63, 3.8) is 0 Å². The number of imidazole rings is 1. The maximum absolute atomic E-state index is 12.1.